The van der Waals surface area contributed by atoms with Crippen LogP contribution in [-0.2, 0) is 6.61 Å². The number of hydrogen-bond acceptors (Lipinski definition) is 4. The number of benzene rings is 2. The lowest BCUT2D eigenvalue weighted by atomic mass is 10.2. The van der Waals surface area contributed by atoms with Gasteiger partial charge < -0.3 is 4.74 Å². The van der Waals surface area contributed by atoms with Crippen molar-refractivity contribution in [1.29, 1.82) is 0 Å². The van der Waals surface area contributed by atoms with Gasteiger partial charge >= 0.3 is 0 Å². The largest absolute Gasteiger partial charge is 0.484 e. The molecule has 0 unspecified atom stereocenters. The molecule has 1 aliphatic carbocycles. The SMILES string of the molecule is C[C@@H](Sc1nnc(COc2ccccc2Cl)n1C1CC1)c1ccc(F)cc1. The molecule has 1 fully saturated rings. The fraction of sp³-hybridized carbons (Fsp3) is 0.300. The minimum Gasteiger partial charge on any atom is -0.484 e. The van der Waals surface area contributed by atoms with Gasteiger partial charge in [0.15, 0.2) is 11.0 Å². The van der Waals surface area contributed by atoms with Crippen LogP contribution in [0.3, 0.4) is 0 Å². The Balaban J connectivity index is 1.50. The van der Waals surface area contributed by atoms with Crippen molar-refractivity contribution in [3.63, 3.8) is 0 Å². The van der Waals surface area contributed by atoms with Crippen molar-refractivity contribution in [2.24, 2.45) is 0 Å². The Hall–Kier alpha value is -2.05. The number of para-hydroxylation sites is 1. The molecule has 0 aliphatic heterocycles. The standard InChI is InChI=1S/C20H19ClFN3OS/c1-13(14-6-8-15(22)9-7-14)27-20-24-23-19(25(20)16-10-11-16)12-26-18-5-3-2-4-17(18)21/h2-9,13,16H,10-12H2,1H3/t13-/m1/s1. The van der Waals surface area contributed by atoms with Gasteiger partial charge in [0, 0.05) is 11.3 Å². The lowest BCUT2D eigenvalue weighted by Gasteiger charge is -2.14. The summed E-state index contributed by atoms with van der Waals surface area (Å²) in [6, 6.07) is 14.4. The second-order valence-electron chi connectivity index (χ2n) is 6.53. The van der Waals surface area contributed by atoms with Crippen LogP contribution in [0.15, 0.2) is 53.7 Å². The number of ether oxygens (including phenoxy) is 1. The molecular formula is C20H19ClFN3OS. The number of hydrogen-bond donors (Lipinski definition) is 0. The fourth-order valence-electron chi connectivity index (χ4n) is 2.85. The van der Waals surface area contributed by atoms with E-state index in [1.807, 2.05) is 30.3 Å². The highest BCUT2D eigenvalue weighted by Crippen LogP contribution is 2.42. The van der Waals surface area contributed by atoms with Crippen LogP contribution in [0.1, 0.15) is 42.4 Å². The van der Waals surface area contributed by atoms with E-state index in [0.717, 1.165) is 29.4 Å². The molecule has 0 spiro atoms. The molecule has 1 aromatic heterocycles. The van der Waals surface area contributed by atoms with Crippen LogP contribution in [0.2, 0.25) is 5.02 Å². The molecule has 7 heteroatoms. The zero-order valence-electron chi connectivity index (χ0n) is 14.8. The van der Waals surface area contributed by atoms with Crippen molar-refractivity contribution < 1.29 is 9.13 Å². The first-order chi connectivity index (χ1) is 13.1. The zero-order chi connectivity index (χ0) is 18.8. The van der Waals surface area contributed by atoms with Gasteiger partial charge in [0.2, 0.25) is 0 Å². The molecule has 1 atom stereocenters. The van der Waals surface area contributed by atoms with E-state index in [4.69, 9.17) is 16.3 Å². The summed E-state index contributed by atoms with van der Waals surface area (Å²) in [7, 11) is 0. The summed E-state index contributed by atoms with van der Waals surface area (Å²) >= 11 is 7.79. The van der Waals surface area contributed by atoms with E-state index in [1.165, 1.54) is 12.1 Å². The van der Waals surface area contributed by atoms with Gasteiger partial charge in [-0.3, -0.25) is 4.57 Å². The van der Waals surface area contributed by atoms with E-state index in [0.29, 0.717) is 23.4 Å². The van der Waals surface area contributed by atoms with E-state index in [2.05, 4.69) is 21.7 Å². The molecule has 3 aromatic rings. The summed E-state index contributed by atoms with van der Waals surface area (Å²) in [6.45, 7) is 2.41. The van der Waals surface area contributed by atoms with Gasteiger partial charge in [-0.1, -0.05) is 47.6 Å². The molecule has 0 radical (unpaired) electrons. The molecule has 0 N–H and O–H groups in total. The second kappa shape index (κ2) is 7.90. The van der Waals surface area contributed by atoms with E-state index in [9.17, 15) is 4.39 Å². The van der Waals surface area contributed by atoms with Crippen molar-refractivity contribution in [3.05, 3.63) is 70.8 Å². The number of aromatic nitrogens is 3. The molecule has 0 amide bonds. The molecule has 0 saturated heterocycles. The third-order valence-electron chi connectivity index (χ3n) is 4.46. The van der Waals surface area contributed by atoms with Crippen molar-refractivity contribution in [2.75, 3.05) is 0 Å². The second-order valence-corrected chi connectivity index (χ2v) is 8.25. The maximum Gasteiger partial charge on any atom is 0.192 e. The van der Waals surface area contributed by atoms with Crippen molar-refractivity contribution in [2.45, 2.75) is 42.8 Å². The average molecular weight is 404 g/mol. The first-order valence-electron chi connectivity index (χ1n) is 8.85. The summed E-state index contributed by atoms with van der Waals surface area (Å²) in [5, 5.41) is 10.3. The van der Waals surface area contributed by atoms with Gasteiger partial charge in [-0.15, -0.1) is 10.2 Å². The van der Waals surface area contributed by atoms with Crippen LogP contribution in [0.5, 0.6) is 5.75 Å². The monoisotopic (exact) mass is 403 g/mol. The van der Waals surface area contributed by atoms with E-state index in [1.54, 1.807) is 17.8 Å². The number of nitrogens with zero attached hydrogens (tertiary/aromatic N) is 3. The quantitative estimate of drug-likeness (QED) is 0.465. The fourth-order valence-corrected chi connectivity index (χ4v) is 4.11. The van der Waals surface area contributed by atoms with Crippen LogP contribution in [0, 0.1) is 5.82 Å². The molecule has 1 heterocycles. The molecule has 140 valence electrons. The van der Waals surface area contributed by atoms with Gasteiger partial charge in [-0.05, 0) is 49.6 Å². The van der Waals surface area contributed by atoms with Crippen LogP contribution < -0.4 is 4.74 Å². The summed E-state index contributed by atoms with van der Waals surface area (Å²) in [6.07, 6.45) is 2.24. The Morgan fingerprint density at radius 3 is 2.63 bits per heavy atom. The maximum atomic E-state index is 13.2. The first-order valence-corrected chi connectivity index (χ1v) is 10.1. The maximum absolute atomic E-state index is 13.2. The van der Waals surface area contributed by atoms with Crippen molar-refractivity contribution in [3.8, 4) is 5.75 Å². The minimum absolute atomic E-state index is 0.143. The molecule has 4 rings (SSSR count). The molecule has 0 bridgehead atoms. The van der Waals surface area contributed by atoms with Crippen LogP contribution >= 0.6 is 23.4 Å². The van der Waals surface area contributed by atoms with Gasteiger partial charge in [0.1, 0.15) is 18.2 Å². The topological polar surface area (TPSA) is 39.9 Å². The molecule has 1 aliphatic rings. The molecule has 4 nitrogen and oxygen atoms in total. The lowest BCUT2D eigenvalue weighted by Crippen LogP contribution is -2.07. The molecule has 1 saturated carbocycles. The van der Waals surface area contributed by atoms with Gasteiger partial charge in [-0.25, -0.2) is 4.39 Å². The van der Waals surface area contributed by atoms with E-state index < -0.39 is 0 Å². The predicted molar refractivity (Wildman–Crippen MR) is 105 cm³/mol. The van der Waals surface area contributed by atoms with Gasteiger partial charge in [-0.2, -0.15) is 0 Å². The molecule has 27 heavy (non-hydrogen) atoms. The Labute approximate surface area is 166 Å². The Bertz CT molecular complexity index is 927. The number of thioether (sulfide) groups is 1. The van der Waals surface area contributed by atoms with Crippen LogP contribution in [-0.4, -0.2) is 14.8 Å². The van der Waals surface area contributed by atoms with Gasteiger partial charge in [0.05, 0.1) is 5.02 Å². The number of rotatable bonds is 7. The zero-order valence-corrected chi connectivity index (χ0v) is 16.4. The van der Waals surface area contributed by atoms with E-state index in [-0.39, 0.29) is 11.1 Å². The smallest absolute Gasteiger partial charge is 0.192 e. The molecule has 2 aromatic carbocycles. The summed E-state index contributed by atoms with van der Waals surface area (Å²) in [4.78, 5) is 0. The molecular weight excluding hydrogens is 385 g/mol. The van der Waals surface area contributed by atoms with Crippen molar-refractivity contribution >= 4 is 23.4 Å². The minimum atomic E-state index is -0.226. The third-order valence-corrected chi connectivity index (χ3v) is 5.89. The number of halogens is 2. The Kier molecular flexibility index (Phi) is 5.36. The Morgan fingerprint density at radius 2 is 1.93 bits per heavy atom. The first kappa shape index (κ1) is 18.3. The normalized spacial score (nSPS) is 14.9. The third kappa shape index (κ3) is 4.28. The average Bonchev–Trinajstić information content (AvgIpc) is 3.43. The summed E-state index contributed by atoms with van der Waals surface area (Å²) < 4.78 is 21.2. The lowest BCUT2D eigenvalue weighted by molar-refractivity contribution is 0.288. The van der Waals surface area contributed by atoms with Crippen molar-refractivity contribution in [1.82, 2.24) is 14.8 Å². The van der Waals surface area contributed by atoms with Crippen LogP contribution in [0.25, 0.3) is 0 Å². The predicted octanol–water partition coefficient (Wildman–Crippen LogP) is 5.84. The highest BCUT2D eigenvalue weighted by molar-refractivity contribution is 7.99. The summed E-state index contributed by atoms with van der Waals surface area (Å²) in [5.74, 6) is 1.21. The highest BCUT2D eigenvalue weighted by atomic mass is 35.5. The summed E-state index contributed by atoms with van der Waals surface area (Å²) in [5.41, 5.74) is 1.06. The van der Waals surface area contributed by atoms with E-state index >= 15 is 0 Å². The Morgan fingerprint density at radius 1 is 1.19 bits per heavy atom. The highest BCUT2D eigenvalue weighted by Gasteiger charge is 2.30. The van der Waals surface area contributed by atoms with Crippen LogP contribution in [0.4, 0.5) is 4.39 Å². The van der Waals surface area contributed by atoms with Gasteiger partial charge in [0.25, 0.3) is 0 Å².